The number of nitrogens with one attached hydrogen (secondary N) is 2. The topological polar surface area (TPSA) is 78.4 Å². The first-order valence-electron chi connectivity index (χ1n) is 7.58. The third-order valence-corrected chi connectivity index (χ3v) is 4.33. The van der Waals surface area contributed by atoms with Crippen molar-refractivity contribution in [2.24, 2.45) is 23.7 Å². The molecular formula is C15H28N2O3. The average molecular weight is 284 g/mol. The molecule has 5 nitrogen and oxygen atoms in total. The monoisotopic (exact) mass is 284 g/mol. The van der Waals surface area contributed by atoms with Gasteiger partial charge in [0, 0.05) is 12.6 Å². The lowest BCUT2D eigenvalue weighted by atomic mass is 9.85. The van der Waals surface area contributed by atoms with Gasteiger partial charge in [-0.15, -0.1) is 0 Å². The molecule has 116 valence electrons. The van der Waals surface area contributed by atoms with Crippen LogP contribution in [0.4, 0.5) is 4.79 Å². The first-order valence-corrected chi connectivity index (χ1v) is 7.58. The van der Waals surface area contributed by atoms with Crippen LogP contribution in [0.15, 0.2) is 0 Å². The van der Waals surface area contributed by atoms with E-state index < -0.39 is 5.97 Å². The largest absolute Gasteiger partial charge is 0.481 e. The molecule has 0 aromatic heterocycles. The van der Waals surface area contributed by atoms with Gasteiger partial charge in [-0.1, -0.05) is 27.7 Å². The maximum atomic E-state index is 11.9. The summed E-state index contributed by atoms with van der Waals surface area (Å²) in [5, 5.41) is 14.7. The predicted molar refractivity (Wildman–Crippen MR) is 78.5 cm³/mol. The maximum absolute atomic E-state index is 11.9. The Kier molecular flexibility index (Phi) is 6.30. The van der Waals surface area contributed by atoms with E-state index in [0.29, 0.717) is 37.1 Å². The molecule has 1 saturated carbocycles. The van der Waals surface area contributed by atoms with Crippen molar-refractivity contribution in [3.63, 3.8) is 0 Å². The van der Waals surface area contributed by atoms with E-state index in [0.717, 1.165) is 6.42 Å². The molecule has 0 saturated heterocycles. The minimum Gasteiger partial charge on any atom is -0.481 e. The molecule has 1 aliphatic rings. The third-order valence-electron chi connectivity index (χ3n) is 4.33. The van der Waals surface area contributed by atoms with Gasteiger partial charge in [0.2, 0.25) is 0 Å². The number of urea groups is 1. The molecule has 0 spiro atoms. The summed E-state index contributed by atoms with van der Waals surface area (Å²) in [6, 6.07) is -0.181. The van der Waals surface area contributed by atoms with Crippen LogP contribution in [0.5, 0.6) is 0 Å². The zero-order chi connectivity index (χ0) is 15.3. The van der Waals surface area contributed by atoms with Crippen molar-refractivity contribution in [3.8, 4) is 0 Å². The van der Waals surface area contributed by atoms with Crippen LogP contribution in [0, 0.1) is 23.7 Å². The Balaban J connectivity index is 2.32. The molecule has 0 bridgehead atoms. The fourth-order valence-electron chi connectivity index (χ4n) is 3.03. The Morgan fingerprint density at radius 2 is 1.75 bits per heavy atom. The van der Waals surface area contributed by atoms with Crippen molar-refractivity contribution in [3.05, 3.63) is 0 Å². The highest BCUT2D eigenvalue weighted by Gasteiger charge is 2.30. The lowest BCUT2D eigenvalue weighted by Crippen LogP contribution is -2.44. The molecule has 0 radical (unpaired) electrons. The van der Waals surface area contributed by atoms with E-state index in [2.05, 4.69) is 38.3 Å². The van der Waals surface area contributed by atoms with Gasteiger partial charge in [0.25, 0.3) is 0 Å². The number of carbonyl (C=O) groups excluding carboxylic acids is 1. The molecule has 2 atom stereocenters. The molecule has 0 unspecified atom stereocenters. The fraction of sp³-hybridized carbons (Fsp3) is 0.867. The molecule has 1 rings (SSSR count). The normalized spacial score (nSPS) is 22.6. The highest BCUT2D eigenvalue weighted by atomic mass is 16.4. The molecule has 0 aromatic rings. The van der Waals surface area contributed by atoms with Gasteiger partial charge in [-0.3, -0.25) is 4.79 Å². The summed E-state index contributed by atoms with van der Waals surface area (Å²) in [4.78, 5) is 22.7. The smallest absolute Gasteiger partial charge is 0.315 e. The van der Waals surface area contributed by atoms with Crippen molar-refractivity contribution in [2.45, 2.75) is 53.0 Å². The van der Waals surface area contributed by atoms with Gasteiger partial charge >= 0.3 is 12.0 Å². The summed E-state index contributed by atoms with van der Waals surface area (Å²) in [6.07, 6.45) is 1.95. The highest BCUT2D eigenvalue weighted by molar-refractivity contribution is 5.75. The molecule has 3 N–H and O–H groups in total. The van der Waals surface area contributed by atoms with E-state index in [9.17, 15) is 9.59 Å². The van der Waals surface area contributed by atoms with Crippen LogP contribution in [-0.4, -0.2) is 29.7 Å². The maximum Gasteiger partial charge on any atom is 0.315 e. The number of carboxylic acid groups (broad SMARTS) is 1. The van der Waals surface area contributed by atoms with Crippen molar-refractivity contribution in [1.29, 1.82) is 0 Å². The van der Waals surface area contributed by atoms with Gasteiger partial charge in [0.05, 0.1) is 5.92 Å². The van der Waals surface area contributed by atoms with Crippen LogP contribution in [0.1, 0.15) is 47.0 Å². The molecule has 20 heavy (non-hydrogen) atoms. The van der Waals surface area contributed by atoms with Gasteiger partial charge in [-0.2, -0.15) is 0 Å². The van der Waals surface area contributed by atoms with Crippen LogP contribution in [0.3, 0.4) is 0 Å². The summed E-state index contributed by atoms with van der Waals surface area (Å²) >= 11 is 0. The van der Waals surface area contributed by atoms with E-state index in [-0.39, 0.29) is 18.0 Å². The van der Waals surface area contributed by atoms with Crippen LogP contribution in [-0.2, 0) is 4.79 Å². The average Bonchev–Trinajstić information content (AvgIpc) is 2.76. The Morgan fingerprint density at radius 3 is 2.20 bits per heavy atom. The van der Waals surface area contributed by atoms with Gasteiger partial charge in [0.15, 0.2) is 0 Å². The first kappa shape index (κ1) is 16.8. The number of hydrogen-bond acceptors (Lipinski definition) is 2. The SMILES string of the molecule is CC(C)C(CNC(=O)N[C@H]1CC[C@@H](C(=O)O)C1)C(C)C. The molecule has 5 heteroatoms. The molecule has 0 aliphatic heterocycles. The van der Waals surface area contributed by atoms with E-state index in [1.165, 1.54) is 0 Å². The second-order valence-corrected chi connectivity index (χ2v) is 6.55. The summed E-state index contributed by atoms with van der Waals surface area (Å²) < 4.78 is 0. The number of carboxylic acids is 1. The van der Waals surface area contributed by atoms with Crippen molar-refractivity contribution >= 4 is 12.0 Å². The highest BCUT2D eigenvalue weighted by Crippen LogP contribution is 2.25. The second-order valence-electron chi connectivity index (χ2n) is 6.55. The predicted octanol–water partition coefficient (Wildman–Crippen LogP) is 2.47. The quantitative estimate of drug-likeness (QED) is 0.701. The summed E-state index contributed by atoms with van der Waals surface area (Å²) in [5.41, 5.74) is 0. The summed E-state index contributed by atoms with van der Waals surface area (Å²) in [5.74, 6) is 0.446. The lowest BCUT2D eigenvalue weighted by Gasteiger charge is -2.25. The summed E-state index contributed by atoms with van der Waals surface area (Å²) in [7, 11) is 0. The van der Waals surface area contributed by atoms with Crippen molar-refractivity contribution < 1.29 is 14.7 Å². The van der Waals surface area contributed by atoms with E-state index in [1.54, 1.807) is 0 Å². The number of carbonyl (C=O) groups is 2. The molecule has 2 amide bonds. The zero-order valence-corrected chi connectivity index (χ0v) is 13.0. The number of rotatable bonds is 6. The Morgan fingerprint density at radius 1 is 1.15 bits per heavy atom. The van der Waals surface area contributed by atoms with Crippen molar-refractivity contribution in [1.82, 2.24) is 10.6 Å². The molecular weight excluding hydrogens is 256 g/mol. The second kappa shape index (κ2) is 7.50. The number of hydrogen-bond donors (Lipinski definition) is 3. The van der Waals surface area contributed by atoms with Gasteiger partial charge in [0.1, 0.15) is 0 Å². The number of amides is 2. The minimum absolute atomic E-state index is 0.00681. The van der Waals surface area contributed by atoms with Crippen LogP contribution in [0.25, 0.3) is 0 Å². The molecule has 1 aliphatic carbocycles. The standard InChI is InChI=1S/C15H28N2O3/c1-9(2)13(10(3)4)8-16-15(20)17-12-6-5-11(7-12)14(18)19/h9-13H,5-8H2,1-4H3,(H,18,19)(H2,16,17,20)/t11-,12+/m1/s1. The van der Waals surface area contributed by atoms with Crippen LogP contribution in [0.2, 0.25) is 0 Å². The Labute approximate surface area is 121 Å². The first-order chi connectivity index (χ1) is 9.31. The van der Waals surface area contributed by atoms with Gasteiger partial charge < -0.3 is 15.7 Å². The van der Waals surface area contributed by atoms with Crippen molar-refractivity contribution in [2.75, 3.05) is 6.54 Å². The molecule has 0 heterocycles. The Hall–Kier alpha value is -1.26. The summed E-state index contributed by atoms with van der Waals surface area (Å²) in [6.45, 7) is 9.32. The zero-order valence-electron chi connectivity index (χ0n) is 13.0. The fourth-order valence-corrected chi connectivity index (χ4v) is 3.03. The van der Waals surface area contributed by atoms with Gasteiger partial charge in [-0.05, 0) is 37.0 Å². The number of aliphatic carboxylic acids is 1. The van der Waals surface area contributed by atoms with E-state index >= 15 is 0 Å². The Bertz CT molecular complexity index is 334. The van der Waals surface area contributed by atoms with Gasteiger partial charge in [-0.25, -0.2) is 4.79 Å². The third kappa shape index (κ3) is 5.02. The van der Waals surface area contributed by atoms with E-state index in [4.69, 9.17) is 5.11 Å². The molecule has 1 fully saturated rings. The van der Waals surface area contributed by atoms with Crippen LogP contribution < -0.4 is 10.6 Å². The minimum atomic E-state index is -0.755. The van der Waals surface area contributed by atoms with E-state index in [1.807, 2.05) is 0 Å². The lowest BCUT2D eigenvalue weighted by molar-refractivity contribution is -0.141. The van der Waals surface area contributed by atoms with Crippen LogP contribution >= 0.6 is 0 Å². The molecule has 0 aromatic carbocycles.